The standard InChI is InChI=1S/C22H26O4S/c1-14-10-15(2)20(16(3)11-14)21(22(25)26-4)19(24)12-17(23)13-27-18-8-6-5-7-9-18/h5-11,17,21,23H,12-13H2,1-4H3. The summed E-state index contributed by atoms with van der Waals surface area (Å²) in [6.45, 7) is 5.75. The molecule has 0 amide bonds. The molecule has 2 aromatic rings. The Hall–Kier alpha value is -2.11. The molecule has 2 unspecified atom stereocenters. The van der Waals surface area contributed by atoms with Crippen LogP contribution in [0.2, 0.25) is 0 Å². The fourth-order valence-electron chi connectivity index (χ4n) is 3.29. The zero-order valence-electron chi connectivity index (χ0n) is 16.2. The molecule has 0 spiro atoms. The van der Waals surface area contributed by atoms with E-state index in [1.54, 1.807) is 0 Å². The van der Waals surface area contributed by atoms with Gasteiger partial charge in [-0.1, -0.05) is 35.9 Å². The van der Waals surface area contributed by atoms with Crippen molar-refractivity contribution in [1.29, 1.82) is 0 Å². The maximum atomic E-state index is 12.9. The van der Waals surface area contributed by atoms with E-state index in [2.05, 4.69) is 0 Å². The van der Waals surface area contributed by atoms with Gasteiger partial charge in [-0.05, 0) is 49.6 Å². The number of hydrogen-bond donors (Lipinski definition) is 1. The first-order valence-corrected chi connectivity index (χ1v) is 9.86. The highest BCUT2D eigenvalue weighted by Gasteiger charge is 2.33. The molecule has 144 valence electrons. The van der Waals surface area contributed by atoms with Crippen LogP contribution in [0.25, 0.3) is 0 Å². The largest absolute Gasteiger partial charge is 0.468 e. The predicted molar refractivity (Wildman–Crippen MR) is 108 cm³/mol. The summed E-state index contributed by atoms with van der Waals surface area (Å²) in [5.41, 5.74) is 3.51. The highest BCUT2D eigenvalue weighted by atomic mass is 32.2. The normalized spacial score (nSPS) is 13.1. The van der Waals surface area contributed by atoms with Crippen LogP contribution >= 0.6 is 11.8 Å². The quantitative estimate of drug-likeness (QED) is 0.422. The molecule has 2 atom stereocenters. The molecule has 0 aliphatic heterocycles. The summed E-state index contributed by atoms with van der Waals surface area (Å²) in [7, 11) is 1.28. The molecule has 0 aromatic heterocycles. The summed E-state index contributed by atoms with van der Waals surface area (Å²) in [4.78, 5) is 26.3. The molecule has 0 saturated carbocycles. The number of carbonyl (C=O) groups excluding carboxylic acids is 2. The summed E-state index contributed by atoms with van der Waals surface area (Å²) < 4.78 is 4.89. The van der Waals surface area contributed by atoms with Crippen molar-refractivity contribution in [3.63, 3.8) is 0 Å². The molecule has 0 fully saturated rings. The summed E-state index contributed by atoms with van der Waals surface area (Å²) in [6.07, 6.45) is -0.923. The number of aliphatic hydroxyl groups excluding tert-OH is 1. The number of ether oxygens (including phenoxy) is 1. The highest BCUT2D eigenvalue weighted by molar-refractivity contribution is 7.99. The monoisotopic (exact) mass is 386 g/mol. The average Bonchev–Trinajstić information content (AvgIpc) is 2.63. The van der Waals surface area contributed by atoms with Gasteiger partial charge in [-0.15, -0.1) is 11.8 Å². The van der Waals surface area contributed by atoms with Gasteiger partial charge < -0.3 is 9.84 Å². The van der Waals surface area contributed by atoms with Gasteiger partial charge in [-0.3, -0.25) is 9.59 Å². The van der Waals surface area contributed by atoms with Crippen LogP contribution < -0.4 is 0 Å². The van der Waals surface area contributed by atoms with E-state index in [4.69, 9.17) is 4.74 Å². The Balaban J connectivity index is 2.15. The zero-order valence-corrected chi connectivity index (χ0v) is 17.0. The fourth-order valence-corrected chi connectivity index (χ4v) is 4.15. The molecule has 0 radical (unpaired) electrons. The number of hydrogen-bond acceptors (Lipinski definition) is 5. The third kappa shape index (κ3) is 5.68. The molecule has 1 N–H and O–H groups in total. The Morgan fingerprint density at radius 1 is 1.07 bits per heavy atom. The van der Waals surface area contributed by atoms with E-state index in [0.717, 1.165) is 21.6 Å². The van der Waals surface area contributed by atoms with E-state index in [-0.39, 0.29) is 12.2 Å². The number of ketones is 1. The molecule has 5 heteroatoms. The molecular weight excluding hydrogens is 360 g/mol. The topological polar surface area (TPSA) is 63.6 Å². The number of benzene rings is 2. The minimum atomic E-state index is -1.01. The van der Waals surface area contributed by atoms with Crippen LogP contribution in [0.3, 0.4) is 0 Å². The Labute approximate surface area is 164 Å². The molecule has 0 aliphatic rings. The van der Waals surface area contributed by atoms with Crippen LogP contribution in [0.1, 0.15) is 34.6 Å². The van der Waals surface area contributed by atoms with Crippen molar-refractivity contribution in [2.75, 3.05) is 12.9 Å². The molecular formula is C22H26O4S. The van der Waals surface area contributed by atoms with Crippen molar-refractivity contribution in [2.24, 2.45) is 0 Å². The van der Waals surface area contributed by atoms with E-state index in [1.165, 1.54) is 18.9 Å². The summed E-state index contributed by atoms with van der Waals surface area (Å²) in [5, 5.41) is 10.3. The van der Waals surface area contributed by atoms with E-state index in [9.17, 15) is 14.7 Å². The van der Waals surface area contributed by atoms with Crippen LogP contribution in [0.4, 0.5) is 0 Å². The first-order valence-electron chi connectivity index (χ1n) is 8.87. The molecule has 2 rings (SSSR count). The molecule has 4 nitrogen and oxygen atoms in total. The van der Waals surface area contributed by atoms with Crippen LogP contribution in [0, 0.1) is 20.8 Å². The Morgan fingerprint density at radius 2 is 1.67 bits per heavy atom. The van der Waals surface area contributed by atoms with Crippen molar-refractivity contribution < 1.29 is 19.4 Å². The maximum Gasteiger partial charge on any atom is 0.320 e. The average molecular weight is 387 g/mol. The minimum absolute atomic E-state index is 0.0909. The smallest absolute Gasteiger partial charge is 0.320 e. The van der Waals surface area contributed by atoms with Crippen molar-refractivity contribution in [2.45, 2.75) is 44.1 Å². The van der Waals surface area contributed by atoms with Crippen molar-refractivity contribution in [1.82, 2.24) is 0 Å². The number of methoxy groups -OCH3 is 1. The van der Waals surface area contributed by atoms with Crippen molar-refractivity contribution >= 4 is 23.5 Å². The second kappa shape index (κ2) is 9.72. The van der Waals surface area contributed by atoms with Crippen LogP contribution in [0.5, 0.6) is 0 Å². The lowest BCUT2D eigenvalue weighted by Crippen LogP contribution is -2.28. The predicted octanol–water partition coefficient (Wildman–Crippen LogP) is 3.98. The highest BCUT2D eigenvalue weighted by Crippen LogP contribution is 2.29. The molecule has 0 heterocycles. The van der Waals surface area contributed by atoms with Gasteiger partial charge in [0.25, 0.3) is 0 Å². The second-order valence-electron chi connectivity index (χ2n) is 6.72. The van der Waals surface area contributed by atoms with Crippen LogP contribution in [-0.4, -0.2) is 35.8 Å². The Morgan fingerprint density at radius 3 is 2.22 bits per heavy atom. The van der Waals surface area contributed by atoms with Gasteiger partial charge in [0.1, 0.15) is 5.92 Å². The molecule has 27 heavy (non-hydrogen) atoms. The number of thioether (sulfide) groups is 1. The van der Waals surface area contributed by atoms with Gasteiger partial charge in [0.2, 0.25) is 0 Å². The van der Waals surface area contributed by atoms with Gasteiger partial charge in [0, 0.05) is 17.1 Å². The zero-order chi connectivity index (χ0) is 20.0. The minimum Gasteiger partial charge on any atom is -0.468 e. The molecule has 0 saturated heterocycles. The lowest BCUT2D eigenvalue weighted by Gasteiger charge is -2.20. The number of carbonyl (C=O) groups is 2. The first kappa shape index (κ1) is 21.2. The molecule has 2 aromatic carbocycles. The van der Waals surface area contributed by atoms with Gasteiger partial charge in [0.15, 0.2) is 5.78 Å². The number of esters is 1. The van der Waals surface area contributed by atoms with E-state index in [0.29, 0.717) is 11.3 Å². The van der Waals surface area contributed by atoms with Gasteiger partial charge in [-0.25, -0.2) is 0 Å². The number of rotatable bonds is 8. The Bertz CT molecular complexity index is 778. The second-order valence-corrected chi connectivity index (χ2v) is 7.81. The van der Waals surface area contributed by atoms with Gasteiger partial charge in [0.05, 0.1) is 13.2 Å². The Kier molecular flexibility index (Phi) is 7.63. The lowest BCUT2D eigenvalue weighted by molar-refractivity contribution is -0.146. The SMILES string of the molecule is COC(=O)C(C(=O)CC(O)CSc1ccccc1)c1c(C)cc(C)cc1C. The van der Waals surface area contributed by atoms with E-state index < -0.39 is 18.0 Å². The number of aliphatic hydroxyl groups is 1. The molecule has 0 bridgehead atoms. The van der Waals surface area contributed by atoms with E-state index in [1.807, 2.05) is 63.2 Å². The molecule has 0 aliphatic carbocycles. The van der Waals surface area contributed by atoms with Crippen molar-refractivity contribution in [3.8, 4) is 0 Å². The number of Topliss-reactive ketones (excluding diaryl/α,β-unsaturated/α-hetero) is 1. The van der Waals surface area contributed by atoms with Gasteiger partial charge in [-0.2, -0.15) is 0 Å². The van der Waals surface area contributed by atoms with Crippen LogP contribution in [-0.2, 0) is 14.3 Å². The fraction of sp³-hybridized carbons (Fsp3) is 0.364. The van der Waals surface area contributed by atoms with Crippen LogP contribution in [0.15, 0.2) is 47.4 Å². The summed E-state index contributed by atoms with van der Waals surface area (Å²) in [5.74, 6) is -1.53. The summed E-state index contributed by atoms with van der Waals surface area (Å²) >= 11 is 1.48. The number of aryl methyl sites for hydroxylation is 3. The van der Waals surface area contributed by atoms with Gasteiger partial charge >= 0.3 is 5.97 Å². The third-order valence-corrected chi connectivity index (χ3v) is 5.56. The van der Waals surface area contributed by atoms with E-state index >= 15 is 0 Å². The lowest BCUT2D eigenvalue weighted by atomic mass is 9.85. The first-order chi connectivity index (χ1) is 12.8. The summed E-state index contributed by atoms with van der Waals surface area (Å²) in [6, 6.07) is 13.6. The third-order valence-electron chi connectivity index (χ3n) is 4.41. The van der Waals surface area contributed by atoms with Crippen molar-refractivity contribution in [3.05, 3.63) is 64.7 Å². The maximum absolute atomic E-state index is 12.9.